The molecule has 0 atom stereocenters. The van der Waals surface area contributed by atoms with Crippen LogP contribution in [0.25, 0.3) is 10.8 Å². The summed E-state index contributed by atoms with van der Waals surface area (Å²) in [5.41, 5.74) is 5.81. The highest BCUT2D eigenvalue weighted by Gasteiger charge is 2.22. The van der Waals surface area contributed by atoms with Crippen LogP contribution < -0.4 is 5.73 Å². The second kappa shape index (κ2) is 8.10. The fourth-order valence-corrected chi connectivity index (χ4v) is 3.52. The third kappa shape index (κ3) is 4.22. The number of azo groups is 1. The highest BCUT2D eigenvalue weighted by molar-refractivity contribution is 7.94. The molecule has 0 saturated carbocycles. The molecule has 0 aromatic heterocycles. The minimum Gasteiger partial charge on any atom is -0.505 e. The Labute approximate surface area is 163 Å². The van der Waals surface area contributed by atoms with Gasteiger partial charge in [0.1, 0.15) is 16.3 Å². The average molecular weight is 423 g/mol. The van der Waals surface area contributed by atoms with E-state index in [1.54, 1.807) is 18.2 Å². The van der Waals surface area contributed by atoms with Gasteiger partial charge in [0.25, 0.3) is 10.1 Å². The zero-order chi connectivity index (χ0) is 20.3. The van der Waals surface area contributed by atoms with Gasteiger partial charge in [-0.15, -0.1) is 14.6 Å². The molecule has 0 unspecified atom stereocenters. The number of aromatic hydroxyl groups is 1. The number of rotatable bonds is 6. The molecule has 10 nitrogen and oxygen atoms in total. The van der Waals surface area contributed by atoms with E-state index in [0.717, 1.165) is 6.07 Å². The van der Waals surface area contributed by atoms with Gasteiger partial charge in [-0.2, -0.15) is 8.42 Å². The van der Waals surface area contributed by atoms with Gasteiger partial charge in [0.05, 0.1) is 16.9 Å². The lowest BCUT2D eigenvalue weighted by Gasteiger charge is -2.09. The molecular weight excluding hydrogens is 410 g/mol. The highest BCUT2D eigenvalue weighted by atomic mass is 32.2. The van der Waals surface area contributed by atoms with E-state index in [9.17, 15) is 18.1 Å². The lowest BCUT2D eigenvalue weighted by molar-refractivity contribution is -0.432. The molecule has 146 valence electrons. The topological polar surface area (TPSA) is 164 Å². The van der Waals surface area contributed by atoms with Crippen molar-refractivity contribution in [2.75, 3.05) is 5.73 Å². The van der Waals surface area contributed by atoms with Crippen molar-refractivity contribution < 1.29 is 32.7 Å². The van der Waals surface area contributed by atoms with Gasteiger partial charge in [-0.25, -0.2) is 5.26 Å². The SMILES string of the molecule is Nc1ccc2c(O)c(N=Nc3ccccc3SOOO)c(S(=O)(=O)O)cc2c1. The van der Waals surface area contributed by atoms with Gasteiger partial charge in [-0.3, -0.25) is 4.55 Å². The quantitative estimate of drug-likeness (QED) is 0.113. The van der Waals surface area contributed by atoms with Crippen LogP contribution in [0.4, 0.5) is 17.1 Å². The molecule has 0 fully saturated rings. The summed E-state index contributed by atoms with van der Waals surface area (Å²) < 4.78 is 37.5. The maximum Gasteiger partial charge on any atom is 0.296 e. The van der Waals surface area contributed by atoms with E-state index in [4.69, 9.17) is 11.0 Å². The van der Waals surface area contributed by atoms with Gasteiger partial charge in [0.15, 0.2) is 5.75 Å². The normalized spacial score (nSPS) is 12.1. The van der Waals surface area contributed by atoms with Crippen molar-refractivity contribution >= 4 is 50.0 Å². The second-order valence-corrected chi connectivity index (χ2v) is 7.55. The summed E-state index contributed by atoms with van der Waals surface area (Å²) in [4.78, 5) is -0.256. The maximum atomic E-state index is 11.8. The summed E-state index contributed by atoms with van der Waals surface area (Å²) in [7, 11) is -4.73. The lowest BCUT2D eigenvalue weighted by atomic mass is 10.1. The zero-order valence-corrected chi connectivity index (χ0v) is 15.5. The van der Waals surface area contributed by atoms with Gasteiger partial charge < -0.3 is 10.8 Å². The number of fused-ring (bicyclic) bond motifs is 1. The molecule has 0 bridgehead atoms. The fourth-order valence-electron chi connectivity index (χ4n) is 2.43. The van der Waals surface area contributed by atoms with Crippen molar-refractivity contribution in [1.82, 2.24) is 0 Å². The van der Waals surface area contributed by atoms with Crippen molar-refractivity contribution in [2.24, 2.45) is 10.2 Å². The smallest absolute Gasteiger partial charge is 0.296 e. The van der Waals surface area contributed by atoms with E-state index in [-0.39, 0.29) is 11.1 Å². The minimum atomic E-state index is -4.73. The fraction of sp³-hybridized carbons (Fsp3) is 0. The Bertz CT molecular complexity index is 1170. The summed E-state index contributed by atoms with van der Waals surface area (Å²) in [5, 5.41) is 30.6. The van der Waals surface area contributed by atoms with Crippen LogP contribution in [0.5, 0.6) is 5.75 Å². The molecule has 0 spiro atoms. The molecule has 0 amide bonds. The summed E-state index contributed by atoms with van der Waals surface area (Å²) in [6, 6.07) is 12.0. The Morgan fingerprint density at radius 2 is 1.82 bits per heavy atom. The number of nitrogens with zero attached hydrogens (tertiary/aromatic N) is 2. The first kappa shape index (κ1) is 20.0. The first-order valence-corrected chi connectivity index (χ1v) is 9.67. The summed E-state index contributed by atoms with van der Waals surface area (Å²) in [6.45, 7) is 0. The van der Waals surface area contributed by atoms with Gasteiger partial charge in [-0.1, -0.05) is 17.2 Å². The number of phenolic OH excluding ortho intramolecular Hbond substituents is 1. The van der Waals surface area contributed by atoms with E-state index in [1.165, 1.54) is 24.3 Å². The number of hydrogen-bond donors (Lipinski definition) is 4. The number of benzene rings is 3. The van der Waals surface area contributed by atoms with E-state index in [0.29, 0.717) is 28.0 Å². The molecule has 0 heterocycles. The number of nitrogens with two attached hydrogens (primary N) is 1. The molecule has 3 aromatic rings. The summed E-state index contributed by atoms with van der Waals surface area (Å²) in [6.07, 6.45) is 0. The molecule has 0 saturated heterocycles. The molecule has 3 aromatic carbocycles. The van der Waals surface area contributed by atoms with Crippen molar-refractivity contribution in [2.45, 2.75) is 9.79 Å². The number of phenols is 1. The van der Waals surface area contributed by atoms with Crippen molar-refractivity contribution in [3.63, 3.8) is 0 Å². The van der Waals surface area contributed by atoms with Crippen LogP contribution in [0.3, 0.4) is 0 Å². The third-order valence-corrected chi connectivity index (χ3v) is 5.15. The van der Waals surface area contributed by atoms with E-state index in [2.05, 4.69) is 19.6 Å². The molecule has 0 radical (unpaired) electrons. The largest absolute Gasteiger partial charge is 0.505 e. The Morgan fingerprint density at radius 3 is 2.54 bits per heavy atom. The Hall–Kier alpha value is -2.74. The number of anilines is 1. The van der Waals surface area contributed by atoms with Crippen molar-refractivity contribution in [3.8, 4) is 5.75 Å². The maximum absolute atomic E-state index is 11.8. The lowest BCUT2D eigenvalue weighted by Crippen LogP contribution is -1.99. The van der Waals surface area contributed by atoms with Gasteiger partial charge in [0, 0.05) is 11.1 Å². The molecule has 0 aliphatic rings. The molecular formula is C16H13N3O7S2. The van der Waals surface area contributed by atoms with Crippen LogP contribution >= 0.6 is 12.0 Å². The summed E-state index contributed by atoms with van der Waals surface area (Å²) in [5.74, 6) is -0.492. The molecule has 0 aliphatic carbocycles. The third-order valence-electron chi connectivity index (χ3n) is 3.63. The molecule has 28 heavy (non-hydrogen) atoms. The van der Waals surface area contributed by atoms with Crippen LogP contribution in [0.2, 0.25) is 0 Å². The first-order valence-electron chi connectivity index (χ1n) is 7.49. The highest BCUT2D eigenvalue weighted by Crippen LogP contribution is 2.42. The molecule has 0 aliphatic heterocycles. The second-order valence-electron chi connectivity index (χ2n) is 5.42. The van der Waals surface area contributed by atoms with E-state index in [1.807, 2.05) is 0 Å². The van der Waals surface area contributed by atoms with Crippen molar-refractivity contribution in [3.05, 3.63) is 48.5 Å². The Kier molecular flexibility index (Phi) is 5.79. The number of hydrogen-bond acceptors (Lipinski definition) is 10. The average Bonchev–Trinajstić information content (AvgIpc) is 2.65. The van der Waals surface area contributed by atoms with Gasteiger partial charge in [-0.05, 0) is 41.8 Å². The van der Waals surface area contributed by atoms with Crippen LogP contribution in [0.1, 0.15) is 0 Å². The van der Waals surface area contributed by atoms with Crippen LogP contribution in [0.15, 0.2) is 68.6 Å². The van der Waals surface area contributed by atoms with E-state index >= 15 is 0 Å². The van der Waals surface area contributed by atoms with Crippen LogP contribution in [-0.2, 0) is 19.5 Å². The summed E-state index contributed by atoms with van der Waals surface area (Å²) >= 11 is 0.630. The van der Waals surface area contributed by atoms with Gasteiger partial charge >= 0.3 is 0 Å². The predicted molar refractivity (Wildman–Crippen MR) is 101 cm³/mol. The Morgan fingerprint density at radius 1 is 1.07 bits per heavy atom. The van der Waals surface area contributed by atoms with E-state index < -0.39 is 26.5 Å². The molecule has 3 rings (SSSR count). The zero-order valence-electron chi connectivity index (χ0n) is 13.9. The Balaban J connectivity index is 2.16. The molecule has 12 heteroatoms. The monoisotopic (exact) mass is 423 g/mol. The van der Waals surface area contributed by atoms with Crippen molar-refractivity contribution in [1.29, 1.82) is 0 Å². The molecule has 5 N–H and O–H groups in total. The minimum absolute atomic E-state index is 0.225. The predicted octanol–water partition coefficient (Wildman–Crippen LogP) is 4.22. The number of nitrogen functional groups attached to an aromatic ring is 1. The van der Waals surface area contributed by atoms with Crippen LogP contribution in [-0.4, -0.2) is 23.3 Å². The standard InChI is InChI=1S/C16H13N3O7S2/c17-10-5-6-11-9(7-10)8-14(28(22,23)24)15(16(11)20)19-18-12-3-1-2-4-13(12)27-26-25-21/h1-8,20-21H,17H2,(H,22,23,24). The van der Waals surface area contributed by atoms with Crippen LogP contribution in [0, 0.1) is 0 Å². The van der Waals surface area contributed by atoms with Gasteiger partial charge in [0.2, 0.25) is 0 Å². The first-order chi connectivity index (χ1) is 13.3.